The molecule has 5 heterocycles. The normalized spacial score (nSPS) is 24.5. The van der Waals surface area contributed by atoms with Crippen molar-refractivity contribution < 1.29 is 9.21 Å². The summed E-state index contributed by atoms with van der Waals surface area (Å²) in [6, 6.07) is 14.7. The van der Waals surface area contributed by atoms with E-state index < -0.39 is 0 Å². The molecule has 1 aromatic carbocycles. The minimum Gasteiger partial charge on any atom is -0.459 e. The second-order valence-corrected chi connectivity index (χ2v) is 9.25. The zero-order chi connectivity index (χ0) is 22.2. The molecule has 7 heteroatoms. The fourth-order valence-corrected chi connectivity index (χ4v) is 5.29. The molecule has 6 rings (SSSR count). The molecule has 3 fully saturated rings. The summed E-state index contributed by atoms with van der Waals surface area (Å²) in [6.07, 6.45) is 3.83. The van der Waals surface area contributed by atoms with Gasteiger partial charge in [-0.25, -0.2) is 0 Å². The van der Waals surface area contributed by atoms with E-state index in [0.717, 1.165) is 30.8 Å². The lowest BCUT2D eigenvalue weighted by Gasteiger charge is -2.49. The van der Waals surface area contributed by atoms with Crippen molar-refractivity contribution in [2.24, 2.45) is 13.0 Å². The number of aromatic nitrogens is 2. The summed E-state index contributed by atoms with van der Waals surface area (Å²) in [5.41, 5.74) is 4.68. The van der Waals surface area contributed by atoms with Gasteiger partial charge in [0.15, 0.2) is 5.76 Å². The Morgan fingerprint density at radius 1 is 1.25 bits per heavy atom. The molecule has 2 bridgehead atoms. The first-order valence-electron chi connectivity index (χ1n) is 11.4. The van der Waals surface area contributed by atoms with E-state index in [4.69, 9.17) is 9.52 Å². The van der Waals surface area contributed by atoms with Gasteiger partial charge in [0.25, 0.3) is 5.91 Å². The van der Waals surface area contributed by atoms with Gasteiger partial charge in [-0.2, -0.15) is 5.10 Å². The highest BCUT2D eigenvalue weighted by Gasteiger charge is 2.41. The molecule has 4 atom stereocenters. The van der Waals surface area contributed by atoms with Gasteiger partial charge in [0.05, 0.1) is 12.0 Å². The van der Waals surface area contributed by atoms with Crippen LogP contribution in [0.1, 0.15) is 35.0 Å². The van der Waals surface area contributed by atoms with E-state index in [1.807, 2.05) is 0 Å². The van der Waals surface area contributed by atoms with Crippen molar-refractivity contribution in [3.63, 3.8) is 0 Å². The van der Waals surface area contributed by atoms with Crippen molar-refractivity contribution in [1.29, 1.82) is 0 Å². The van der Waals surface area contributed by atoms with E-state index in [9.17, 15) is 4.79 Å². The van der Waals surface area contributed by atoms with Crippen molar-refractivity contribution >= 4 is 11.6 Å². The zero-order valence-corrected chi connectivity index (χ0v) is 19.0. The molecule has 0 spiro atoms. The average molecular weight is 434 g/mol. The molecule has 0 saturated carbocycles. The molecule has 3 aliphatic rings. The SMILES string of the molecule is CN(C)c1ccc(-c2cc([C@@H]3CN4CC[C@H]3C[C@@H]4CNC(=O)c3ccco3)n(C)n2)cc1. The van der Waals surface area contributed by atoms with Crippen molar-refractivity contribution in [3.05, 3.63) is 60.2 Å². The summed E-state index contributed by atoms with van der Waals surface area (Å²) < 4.78 is 7.27. The monoisotopic (exact) mass is 433 g/mol. The first-order chi connectivity index (χ1) is 15.5. The Morgan fingerprint density at radius 3 is 2.72 bits per heavy atom. The number of carbonyl (C=O) groups is 1. The molecule has 0 radical (unpaired) electrons. The number of hydrogen-bond acceptors (Lipinski definition) is 5. The number of nitrogens with zero attached hydrogens (tertiary/aromatic N) is 4. The third-order valence-electron chi connectivity index (χ3n) is 7.10. The van der Waals surface area contributed by atoms with Crippen LogP contribution in [0.5, 0.6) is 0 Å². The fourth-order valence-electron chi connectivity index (χ4n) is 5.29. The number of furan rings is 1. The number of aryl methyl sites for hydroxylation is 1. The maximum Gasteiger partial charge on any atom is 0.287 e. The molecule has 3 aromatic rings. The number of piperidine rings is 3. The van der Waals surface area contributed by atoms with Crippen molar-refractivity contribution in [1.82, 2.24) is 20.0 Å². The summed E-state index contributed by atoms with van der Waals surface area (Å²) in [7, 11) is 6.17. The molecular formula is C25H31N5O2. The van der Waals surface area contributed by atoms with Crippen LogP contribution in [0.3, 0.4) is 0 Å². The lowest BCUT2D eigenvalue weighted by Crippen LogP contribution is -2.56. The Balaban J connectivity index is 1.26. The Kier molecular flexibility index (Phi) is 5.51. The molecule has 168 valence electrons. The van der Waals surface area contributed by atoms with Gasteiger partial charge in [0, 0.05) is 63.1 Å². The third-order valence-corrected chi connectivity index (χ3v) is 7.10. The molecule has 1 amide bonds. The molecule has 3 saturated heterocycles. The van der Waals surface area contributed by atoms with Gasteiger partial charge in [-0.3, -0.25) is 14.4 Å². The highest BCUT2D eigenvalue weighted by molar-refractivity contribution is 5.91. The second-order valence-electron chi connectivity index (χ2n) is 9.25. The van der Waals surface area contributed by atoms with Gasteiger partial charge in [-0.15, -0.1) is 0 Å². The Morgan fingerprint density at radius 2 is 2.06 bits per heavy atom. The number of fused-ring (bicyclic) bond motifs is 3. The lowest BCUT2D eigenvalue weighted by atomic mass is 9.74. The summed E-state index contributed by atoms with van der Waals surface area (Å²) >= 11 is 0. The van der Waals surface area contributed by atoms with Gasteiger partial charge in [0.2, 0.25) is 0 Å². The van der Waals surface area contributed by atoms with E-state index in [1.165, 1.54) is 24.1 Å². The van der Waals surface area contributed by atoms with E-state index in [1.54, 1.807) is 12.1 Å². The van der Waals surface area contributed by atoms with E-state index in [0.29, 0.717) is 30.2 Å². The van der Waals surface area contributed by atoms with E-state index in [-0.39, 0.29) is 5.91 Å². The topological polar surface area (TPSA) is 66.5 Å². The first-order valence-corrected chi connectivity index (χ1v) is 11.4. The lowest BCUT2D eigenvalue weighted by molar-refractivity contribution is 0.0278. The Labute approximate surface area is 189 Å². The zero-order valence-electron chi connectivity index (χ0n) is 19.0. The number of benzene rings is 1. The van der Waals surface area contributed by atoms with Crippen LogP contribution in [-0.2, 0) is 7.05 Å². The number of nitrogens with one attached hydrogen (secondary N) is 1. The highest BCUT2D eigenvalue weighted by atomic mass is 16.3. The van der Waals surface area contributed by atoms with E-state index >= 15 is 0 Å². The smallest absolute Gasteiger partial charge is 0.287 e. The van der Waals surface area contributed by atoms with Gasteiger partial charge in [0.1, 0.15) is 0 Å². The van der Waals surface area contributed by atoms with Crippen LogP contribution in [-0.4, -0.2) is 60.4 Å². The van der Waals surface area contributed by atoms with Crippen LogP contribution in [0.4, 0.5) is 5.69 Å². The van der Waals surface area contributed by atoms with Crippen molar-refractivity contribution in [2.45, 2.75) is 24.8 Å². The summed E-state index contributed by atoms with van der Waals surface area (Å²) in [4.78, 5) is 16.9. The minimum atomic E-state index is -0.134. The Bertz CT molecular complexity index is 1070. The highest BCUT2D eigenvalue weighted by Crippen LogP contribution is 2.42. The predicted octanol–water partition coefficient (Wildman–Crippen LogP) is 3.35. The molecule has 1 unspecified atom stereocenters. The van der Waals surface area contributed by atoms with Crippen LogP contribution in [0.15, 0.2) is 53.1 Å². The summed E-state index contributed by atoms with van der Waals surface area (Å²) in [6.45, 7) is 2.78. The predicted molar refractivity (Wildman–Crippen MR) is 125 cm³/mol. The minimum absolute atomic E-state index is 0.134. The summed E-state index contributed by atoms with van der Waals surface area (Å²) in [5, 5.41) is 7.89. The molecule has 3 aliphatic heterocycles. The Hall–Kier alpha value is -3.06. The van der Waals surface area contributed by atoms with Crippen molar-refractivity contribution in [2.75, 3.05) is 38.6 Å². The average Bonchev–Trinajstić information content (AvgIpc) is 3.48. The van der Waals surface area contributed by atoms with E-state index in [2.05, 4.69) is 71.3 Å². The summed E-state index contributed by atoms with van der Waals surface area (Å²) in [5.74, 6) is 1.34. The molecule has 7 nitrogen and oxygen atoms in total. The van der Waals surface area contributed by atoms with Crippen LogP contribution >= 0.6 is 0 Å². The molecule has 32 heavy (non-hydrogen) atoms. The number of carbonyl (C=O) groups excluding carboxylic acids is 1. The standard InChI is InChI=1S/C25H31N5O2/c1-28(2)19-8-6-17(7-9-19)22-14-23(29(3)27-22)21-16-30-11-10-18(21)13-20(30)15-26-25(31)24-5-4-12-32-24/h4-9,12,14,18,20-21H,10-11,13,15-16H2,1-3H3,(H,26,31)/t18-,20+,21+/m0/s1. The van der Waals surface area contributed by atoms with Gasteiger partial charge in [-0.05, 0) is 55.6 Å². The second kappa shape index (κ2) is 8.47. The van der Waals surface area contributed by atoms with Gasteiger partial charge in [-0.1, -0.05) is 12.1 Å². The number of hydrogen-bond donors (Lipinski definition) is 1. The van der Waals surface area contributed by atoms with Crippen LogP contribution in [0.2, 0.25) is 0 Å². The number of anilines is 1. The third kappa shape index (κ3) is 3.93. The largest absolute Gasteiger partial charge is 0.459 e. The van der Waals surface area contributed by atoms with Crippen LogP contribution in [0, 0.1) is 5.92 Å². The van der Waals surface area contributed by atoms with Crippen LogP contribution in [0.25, 0.3) is 11.3 Å². The fraction of sp³-hybridized carbons (Fsp3) is 0.440. The van der Waals surface area contributed by atoms with Gasteiger partial charge >= 0.3 is 0 Å². The number of rotatable bonds is 6. The van der Waals surface area contributed by atoms with Crippen molar-refractivity contribution in [3.8, 4) is 11.3 Å². The van der Waals surface area contributed by atoms with Crippen LogP contribution < -0.4 is 10.2 Å². The molecular weight excluding hydrogens is 402 g/mol. The molecule has 2 aromatic heterocycles. The van der Waals surface area contributed by atoms with Gasteiger partial charge < -0.3 is 14.6 Å². The maximum atomic E-state index is 12.2. The molecule has 1 N–H and O–H groups in total. The first kappa shape index (κ1) is 20.8. The molecule has 0 aliphatic carbocycles. The number of amides is 1. The quantitative estimate of drug-likeness (QED) is 0.646. The maximum absolute atomic E-state index is 12.2.